The molecule has 1 unspecified atom stereocenters. The van der Waals surface area contributed by atoms with Gasteiger partial charge in [-0.3, -0.25) is 0 Å². The lowest BCUT2D eigenvalue weighted by molar-refractivity contribution is -0.141. The highest BCUT2D eigenvalue weighted by Gasteiger charge is 2.53. The Kier molecular flexibility index (Phi) is 4.68. The number of rotatable bonds is 8. The molecule has 0 amide bonds. The Morgan fingerprint density at radius 2 is 1.50 bits per heavy atom. The largest absolute Gasteiger partial charge is 0.390 e. The van der Waals surface area contributed by atoms with E-state index in [1.807, 2.05) is 0 Å². The molecule has 3 nitrogen and oxygen atoms in total. The molecule has 1 atom stereocenters. The van der Waals surface area contributed by atoms with E-state index < -0.39 is 0 Å². The van der Waals surface area contributed by atoms with Crippen molar-refractivity contribution in [3.8, 4) is 0 Å². The van der Waals surface area contributed by atoms with Gasteiger partial charge >= 0.3 is 0 Å². The number of aliphatic hydroxyl groups excluding tert-OH is 1. The maximum absolute atomic E-state index is 10.7. The van der Waals surface area contributed by atoms with E-state index in [2.05, 4.69) is 6.92 Å². The zero-order valence-electron chi connectivity index (χ0n) is 12.9. The summed E-state index contributed by atoms with van der Waals surface area (Å²) in [5.74, 6) is 2.68. The van der Waals surface area contributed by atoms with Crippen molar-refractivity contribution in [3.05, 3.63) is 0 Å². The summed E-state index contributed by atoms with van der Waals surface area (Å²) in [4.78, 5) is 0. The molecule has 0 radical (unpaired) electrons. The number of ether oxygens (including phenoxy) is 2. The van der Waals surface area contributed by atoms with Crippen LogP contribution in [0, 0.1) is 23.2 Å². The second-order valence-corrected chi connectivity index (χ2v) is 7.48. The standard InChI is InChI=1S/C17H30O3/c1-2-3-19-4-5-20-12-16(18)17-9-13-6-14(10-17)8-15(7-13)11-17/h13-16,18H,2-12H2,1H3. The molecule has 20 heavy (non-hydrogen) atoms. The van der Waals surface area contributed by atoms with Gasteiger partial charge in [-0.05, 0) is 68.1 Å². The Hall–Kier alpha value is -0.120. The minimum atomic E-state index is -0.262. The van der Waals surface area contributed by atoms with Crippen molar-refractivity contribution in [2.45, 2.75) is 58.0 Å². The van der Waals surface area contributed by atoms with Crippen LogP contribution < -0.4 is 0 Å². The lowest BCUT2D eigenvalue weighted by atomic mass is 9.48. The summed E-state index contributed by atoms with van der Waals surface area (Å²) in [7, 11) is 0. The Balaban J connectivity index is 1.44. The second kappa shape index (κ2) is 6.33. The molecule has 4 rings (SSSR count). The second-order valence-electron chi connectivity index (χ2n) is 7.48. The summed E-state index contributed by atoms with van der Waals surface area (Å²) < 4.78 is 11.1. The molecule has 0 heterocycles. The maximum atomic E-state index is 10.7. The monoisotopic (exact) mass is 282 g/mol. The van der Waals surface area contributed by atoms with Crippen LogP contribution in [-0.2, 0) is 9.47 Å². The van der Waals surface area contributed by atoms with Gasteiger partial charge in [-0.15, -0.1) is 0 Å². The quantitative estimate of drug-likeness (QED) is 0.696. The van der Waals surface area contributed by atoms with Crippen LogP contribution in [0.5, 0.6) is 0 Å². The van der Waals surface area contributed by atoms with Crippen LogP contribution in [0.2, 0.25) is 0 Å². The van der Waals surface area contributed by atoms with E-state index >= 15 is 0 Å². The number of aliphatic hydroxyl groups is 1. The highest BCUT2D eigenvalue weighted by molar-refractivity contribution is 5.04. The Morgan fingerprint density at radius 3 is 2.05 bits per heavy atom. The average Bonchev–Trinajstić information content (AvgIpc) is 2.41. The van der Waals surface area contributed by atoms with Crippen LogP contribution in [0.25, 0.3) is 0 Å². The summed E-state index contributed by atoms with van der Waals surface area (Å²) in [6.07, 6.45) is 8.81. The highest BCUT2D eigenvalue weighted by Crippen LogP contribution is 2.61. The molecule has 0 aromatic rings. The first-order valence-electron chi connectivity index (χ1n) is 8.55. The highest BCUT2D eigenvalue weighted by atomic mass is 16.5. The average molecular weight is 282 g/mol. The fourth-order valence-corrected chi connectivity index (χ4v) is 5.32. The smallest absolute Gasteiger partial charge is 0.0830 e. The van der Waals surface area contributed by atoms with Crippen molar-refractivity contribution in [1.82, 2.24) is 0 Å². The zero-order chi connectivity index (χ0) is 14.0. The minimum Gasteiger partial charge on any atom is -0.390 e. The van der Waals surface area contributed by atoms with Gasteiger partial charge in [-0.1, -0.05) is 6.92 Å². The minimum absolute atomic E-state index is 0.193. The van der Waals surface area contributed by atoms with Crippen molar-refractivity contribution < 1.29 is 14.6 Å². The van der Waals surface area contributed by atoms with E-state index in [4.69, 9.17) is 9.47 Å². The first-order chi connectivity index (χ1) is 9.72. The van der Waals surface area contributed by atoms with Gasteiger partial charge < -0.3 is 14.6 Å². The van der Waals surface area contributed by atoms with Crippen molar-refractivity contribution in [2.24, 2.45) is 23.2 Å². The van der Waals surface area contributed by atoms with Crippen LogP contribution in [0.4, 0.5) is 0 Å². The normalized spacial score (nSPS) is 40.2. The van der Waals surface area contributed by atoms with Gasteiger partial charge in [0.15, 0.2) is 0 Å². The van der Waals surface area contributed by atoms with Crippen molar-refractivity contribution in [1.29, 1.82) is 0 Å². The maximum Gasteiger partial charge on any atom is 0.0830 e. The predicted molar refractivity (Wildman–Crippen MR) is 78.5 cm³/mol. The summed E-state index contributed by atoms with van der Waals surface area (Å²) in [6.45, 7) is 4.69. The molecule has 3 heteroatoms. The van der Waals surface area contributed by atoms with E-state index in [9.17, 15) is 5.11 Å². The van der Waals surface area contributed by atoms with E-state index in [1.165, 1.54) is 38.5 Å². The molecule has 116 valence electrons. The molecular weight excluding hydrogens is 252 g/mol. The first-order valence-corrected chi connectivity index (χ1v) is 8.55. The van der Waals surface area contributed by atoms with E-state index in [0.717, 1.165) is 30.8 Å². The fraction of sp³-hybridized carbons (Fsp3) is 1.00. The van der Waals surface area contributed by atoms with Crippen LogP contribution in [0.15, 0.2) is 0 Å². The molecule has 0 spiro atoms. The lowest BCUT2D eigenvalue weighted by Crippen LogP contribution is -2.52. The molecule has 4 saturated carbocycles. The summed E-state index contributed by atoms with van der Waals surface area (Å²) in [5.41, 5.74) is 0.193. The molecule has 1 N–H and O–H groups in total. The van der Waals surface area contributed by atoms with Crippen molar-refractivity contribution >= 4 is 0 Å². The van der Waals surface area contributed by atoms with Crippen LogP contribution in [0.1, 0.15) is 51.9 Å². The summed E-state index contributed by atoms with van der Waals surface area (Å²) >= 11 is 0. The molecule has 0 aliphatic heterocycles. The Morgan fingerprint density at radius 1 is 0.950 bits per heavy atom. The van der Waals surface area contributed by atoms with E-state index in [1.54, 1.807) is 0 Å². The summed E-state index contributed by atoms with van der Waals surface area (Å²) in [5, 5.41) is 10.7. The van der Waals surface area contributed by atoms with Gasteiger partial charge in [-0.2, -0.15) is 0 Å². The molecular formula is C17H30O3. The number of hydrogen-bond acceptors (Lipinski definition) is 3. The Bertz CT molecular complexity index is 280. The van der Waals surface area contributed by atoms with E-state index in [-0.39, 0.29) is 11.5 Å². The van der Waals surface area contributed by atoms with Crippen LogP contribution in [0.3, 0.4) is 0 Å². The van der Waals surface area contributed by atoms with Crippen LogP contribution in [-0.4, -0.2) is 37.6 Å². The van der Waals surface area contributed by atoms with Crippen molar-refractivity contribution in [3.63, 3.8) is 0 Å². The van der Waals surface area contributed by atoms with Gasteiger partial charge in [0, 0.05) is 6.61 Å². The number of hydrogen-bond donors (Lipinski definition) is 1. The molecule has 4 aliphatic carbocycles. The molecule has 0 aromatic heterocycles. The van der Waals surface area contributed by atoms with E-state index in [0.29, 0.717) is 19.8 Å². The van der Waals surface area contributed by atoms with Gasteiger partial charge in [0.25, 0.3) is 0 Å². The van der Waals surface area contributed by atoms with Gasteiger partial charge in [0.2, 0.25) is 0 Å². The van der Waals surface area contributed by atoms with Gasteiger partial charge in [0.05, 0.1) is 25.9 Å². The Labute approximate surface area is 123 Å². The SMILES string of the molecule is CCCOCCOCC(O)C12CC3CC(CC(C3)C1)C2. The molecule has 4 aliphatic rings. The van der Waals surface area contributed by atoms with Gasteiger partial charge in [-0.25, -0.2) is 0 Å². The van der Waals surface area contributed by atoms with Crippen molar-refractivity contribution in [2.75, 3.05) is 26.4 Å². The first kappa shape index (κ1) is 14.8. The fourth-order valence-electron chi connectivity index (χ4n) is 5.32. The molecule has 0 aromatic carbocycles. The molecule has 4 fully saturated rings. The molecule has 0 saturated heterocycles. The molecule has 4 bridgehead atoms. The lowest BCUT2D eigenvalue weighted by Gasteiger charge is -2.58. The third-order valence-electron chi connectivity index (χ3n) is 5.79. The topological polar surface area (TPSA) is 38.7 Å². The summed E-state index contributed by atoms with van der Waals surface area (Å²) in [6, 6.07) is 0. The van der Waals surface area contributed by atoms with Gasteiger partial charge in [0.1, 0.15) is 0 Å². The van der Waals surface area contributed by atoms with Crippen LogP contribution >= 0.6 is 0 Å². The zero-order valence-corrected chi connectivity index (χ0v) is 12.9. The third-order valence-corrected chi connectivity index (χ3v) is 5.79. The predicted octanol–water partition coefficient (Wildman–Crippen LogP) is 3.01. The third kappa shape index (κ3) is 3.05.